The van der Waals surface area contributed by atoms with Crippen LogP contribution in [0.1, 0.15) is 5.56 Å². The summed E-state index contributed by atoms with van der Waals surface area (Å²) in [7, 11) is -2.22. The molecule has 0 saturated carbocycles. The average Bonchev–Trinajstić information content (AvgIpc) is 2.67. The zero-order chi connectivity index (χ0) is 19.3. The highest BCUT2D eigenvalue weighted by Crippen LogP contribution is 2.24. The van der Waals surface area contributed by atoms with Gasteiger partial charge in [0.15, 0.2) is 0 Å². The molecule has 1 heterocycles. The lowest BCUT2D eigenvalue weighted by molar-refractivity contribution is 0.414. The number of pyridine rings is 1. The number of hydrogen-bond acceptors (Lipinski definition) is 5. The molecular weight excluding hydrogens is 371 g/mol. The van der Waals surface area contributed by atoms with E-state index in [1.54, 1.807) is 30.3 Å². The molecular formula is C19H17FN2O4S. The normalized spacial score (nSPS) is 11.2. The predicted octanol–water partition coefficient (Wildman–Crippen LogP) is 3.50. The van der Waals surface area contributed by atoms with Gasteiger partial charge in [0.05, 0.1) is 12.0 Å². The molecule has 0 bridgehead atoms. The van der Waals surface area contributed by atoms with Crippen LogP contribution in [0.5, 0.6) is 17.4 Å². The van der Waals surface area contributed by atoms with Crippen molar-refractivity contribution in [2.24, 2.45) is 0 Å². The fourth-order valence-electron chi connectivity index (χ4n) is 2.30. The molecule has 0 atom stereocenters. The van der Waals surface area contributed by atoms with E-state index < -0.39 is 15.8 Å². The van der Waals surface area contributed by atoms with E-state index in [4.69, 9.17) is 9.47 Å². The Balaban J connectivity index is 1.75. The Hall–Kier alpha value is -2.97. The van der Waals surface area contributed by atoms with Gasteiger partial charge in [0.1, 0.15) is 17.3 Å². The van der Waals surface area contributed by atoms with E-state index in [1.807, 2.05) is 0 Å². The van der Waals surface area contributed by atoms with Crippen molar-refractivity contribution >= 4 is 10.0 Å². The highest BCUT2D eigenvalue weighted by atomic mass is 32.2. The topological polar surface area (TPSA) is 77.5 Å². The van der Waals surface area contributed by atoms with Crippen molar-refractivity contribution < 1.29 is 22.3 Å². The number of nitrogens with zero attached hydrogens (tertiary/aromatic N) is 1. The van der Waals surface area contributed by atoms with Gasteiger partial charge in [0, 0.05) is 24.4 Å². The number of halogens is 1. The Kier molecular flexibility index (Phi) is 5.68. The lowest BCUT2D eigenvalue weighted by Gasteiger charge is -2.11. The summed E-state index contributed by atoms with van der Waals surface area (Å²) in [6, 6.07) is 15.0. The van der Waals surface area contributed by atoms with Gasteiger partial charge in [-0.15, -0.1) is 0 Å². The van der Waals surface area contributed by atoms with Crippen LogP contribution in [-0.2, 0) is 16.6 Å². The van der Waals surface area contributed by atoms with E-state index in [1.165, 1.54) is 43.6 Å². The van der Waals surface area contributed by atoms with Crippen LogP contribution in [-0.4, -0.2) is 20.5 Å². The highest BCUT2D eigenvalue weighted by Gasteiger charge is 2.15. The molecule has 0 saturated heterocycles. The summed E-state index contributed by atoms with van der Waals surface area (Å²) in [6.07, 6.45) is 1.51. The number of aromatic nitrogens is 1. The van der Waals surface area contributed by atoms with Crippen LogP contribution in [0.25, 0.3) is 0 Å². The molecule has 0 unspecified atom stereocenters. The van der Waals surface area contributed by atoms with Crippen LogP contribution in [0, 0.1) is 5.82 Å². The zero-order valence-corrected chi connectivity index (χ0v) is 15.2. The Morgan fingerprint density at radius 3 is 2.52 bits per heavy atom. The minimum Gasteiger partial charge on any atom is -0.497 e. The summed E-state index contributed by atoms with van der Waals surface area (Å²) in [5.74, 6) is 0.589. The maximum Gasteiger partial charge on any atom is 0.240 e. The van der Waals surface area contributed by atoms with E-state index in [0.29, 0.717) is 11.3 Å². The Bertz CT molecular complexity index is 1020. The zero-order valence-electron chi connectivity index (χ0n) is 14.4. The molecule has 2 aromatic carbocycles. The van der Waals surface area contributed by atoms with Crippen LogP contribution in [0.4, 0.5) is 4.39 Å². The standard InChI is InChI=1S/C19H17FN2O4S/c1-25-16-7-9-18(10-8-16)27(23,24)22-13-14-4-3-11-21-19(14)26-17-6-2-5-15(20)12-17/h2-12,22H,13H2,1H3. The van der Waals surface area contributed by atoms with Crippen LogP contribution in [0.2, 0.25) is 0 Å². The van der Waals surface area contributed by atoms with Crippen molar-refractivity contribution in [3.05, 3.63) is 78.2 Å². The van der Waals surface area contributed by atoms with Crippen molar-refractivity contribution in [2.75, 3.05) is 7.11 Å². The second-order valence-corrected chi connectivity index (χ2v) is 7.29. The van der Waals surface area contributed by atoms with Crippen molar-refractivity contribution in [2.45, 2.75) is 11.4 Å². The van der Waals surface area contributed by atoms with Crippen molar-refractivity contribution in [3.63, 3.8) is 0 Å². The molecule has 1 N–H and O–H groups in total. The van der Waals surface area contributed by atoms with E-state index in [2.05, 4.69) is 9.71 Å². The Morgan fingerprint density at radius 2 is 1.81 bits per heavy atom. The minimum absolute atomic E-state index is 0.0349. The summed E-state index contributed by atoms with van der Waals surface area (Å²) in [4.78, 5) is 4.21. The quantitative estimate of drug-likeness (QED) is 0.670. The summed E-state index contributed by atoms with van der Waals surface area (Å²) in [6.45, 7) is -0.0349. The fourth-order valence-corrected chi connectivity index (χ4v) is 3.31. The molecule has 6 nitrogen and oxygen atoms in total. The van der Waals surface area contributed by atoms with Gasteiger partial charge in [-0.05, 0) is 42.5 Å². The minimum atomic E-state index is -3.73. The molecule has 1 aromatic heterocycles. The van der Waals surface area contributed by atoms with Crippen molar-refractivity contribution in [1.29, 1.82) is 0 Å². The van der Waals surface area contributed by atoms with Crippen LogP contribution >= 0.6 is 0 Å². The molecule has 3 aromatic rings. The number of methoxy groups -OCH3 is 1. The third-order valence-corrected chi connectivity index (χ3v) is 5.10. The smallest absolute Gasteiger partial charge is 0.240 e. The molecule has 8 heteroatoms. The first-order valence-corrected chi connectivity index (χ1v) is 9.47. The molecule has 0 aliphatic heterocycles. The number of hydrogen-bond donors (Lipinski definition) is 1. The molecule has 3 rings (SSSR count). The van der Waals surface area contributed by atoms with Crippen LogP contribution in [0.3, 0.4) is 0 Å². The third kappa shape index (κ3) is 4.81. The van der Waals surface area contributed by atoms with E-state index in [0.717, 1.165) is 0 Å². The second-order valence-electron chi connectivity index (χ2n) is 5.53. The number of ether oxygens (including phenoxy) is 2. The number of benzene rings is 2. The summed E-state index contributed by atoms with van der Waals surface area (Å²) < 4.78 is 51.3. The van der Waals surface area contributed by atoms with Crippen molar-refractivity contribution in [3.8, 4) is 17.4 Å². The van der Waals surface area contributed by atoms with Crippen LogP contribution in [0.15, 0.2) is 71.8 Å². The second kappa shape index (κ2) is 8.15. The fraction of sp³-hybridized carbons (Fsp3) is 0.105. The molecule has 140 valence electrons. The number of sulfonamides is 1. The van der Waals surface area contributed by atoms with Gasteiger partial charge in [0.2, 0.25) is 15.9 Å². The molecule has 27 heavy (non-hydrogen) atoms. The predicted molar refractivity (Wildman–Crippen MR) is 97.7 cm³/mol. The van der Waals surface area contributed by atoms with Gasteiger partial charge >= 0.3 is 0 Å². The monoisotopic (exact) mass is 388 g/mol. The Morgan fingerprint density at radius 1 is 1.04 bits per heavy atom. The van der Waals surface area contributed by atoms with Gasteiger partial charge in [-0.1, -0.05) is 12.1 Å². The molecule has 0 aliphatic rings. The summed E-state index contributed by atoms with van der Waals surface area (Å²) >= 11 is 0. The first-order chi connectivity index (χ1) is 13.0. The van der Waals surface area contributed by atoms with Gasteiger partial charge < -0.3 is 9.47 Å². The maximum atomic E-state index is 13.3. The van der Waals surface area contributed by atoms with Crippen LogP contribution < -0.4 is 14.2 Å². The maximum absolute atomic E-state index is 13.3. The molecule has 0 spiro atoms. The number of nitrogens with one attached hydrogen (secondary N) is 1. The van der Waals surface area contributed by atoms with Gasteiger partial charge in [-0.2, -0.15) is 0 Å². The van der Waals surface area contributed by atoms with E-state index >= 15 is 0 Å². The summed E-state index contributed by atoms with van der Waals surface area (Å²) in [5, 5.41) is 0. The molecule has 0 fully saturated rings. The van der Waals surface area contributed by atoms with Gasteiger partial charge in [-0.3, -0.25) is 0 Å². The SMILES string of the molecule is COc1ccc(S(=O)(=O)NCc2cccnc2Oc2cccc(F)c2)cc1. The van der Waals surface area contributed by atoms with Crippen molar-refractivity contribution in [1.82, 2.24) is 9.71 Å². The average molecular weight is 388 g/mol. The lowest BCUT2D eigenvalue weighted by atomic mass is 10.3. The third-order valence-electron chi connectivity index (χ3n) is 3.68. The first-order valence-electron chi connectivity index (χ1n) is 7.99. The highest BCUT2D eigenvalue weighted by molar-refractivity contribution is 7.89. The van der Waals surface area contributed by atoms with Gasteiger partial charge in [-0.25, -0.2) is 22.5 Å². The van der Waals surface area contributed by atoms with E-state index in [9.17, 15) is 12.8 Å². The lowest BCUT2D eigenvalue weighted by Crippen LogP contribution is -2.23. The Labute approximate surface area is 156 Å². The van der Waals surface area contributed by atoms with E-state index in [-0.39, 0.29) is 23.1 Å². The number of rotatable bonds is 7. The summed E-state index contributed by atoms with van der Waals surface area (Å²) in [5.41, 5.74) is 0.513. The molecule has 0 amide bonds. The first kappa shape index (κ1) is 18.8. The van der Waals surface area contributed by atoms with Gasteiger partial charge in [0.25, 0.3) is 0 Å². The largest absolute Gasteiger partial charge is 0.497 e. The molecule has 0 aliphatic carbocycles. The molecule has 0 radical (unpaired) electrons.